The second-order valence-electron chi connectivity index (χ2n) is 5.95. The van der Waals surface area contributed by atoms with Crippen LogP contribution in [0.3, 0.4) is 0 Å². The van der Waals surface area contributed by atoms with Gasteiger partial charge in [0.25, 0.3) is 0 Å². The van der Waals surface area contributed by atoms with Crippen LogP contribution in [0.15, 0.2) is 0 Å². The molecule has 0 aromatic rings. The number of hydrogen-bond donors (Lipinski definition) is 1. The zero-order valence-corrected chi connectivity index (χ0v) is 11.3. The van der Waals surface area contributed by atoms with Crippen LogP contribution in [0.2, 0.25) is 0 Å². The molecule has 4 nitrogen and oxygen atoms in total. The van der Waals surface area contributed by atoms with Crippen LogP contribution in [0, 0.1) is 0 Å². The minimum absolute atomic E-state index is 0.221. The van der Waals surface area contributed by atoms with E-state index < -0.39 is 0 Å². The van der Waals surface area contributed by atoms with Gasteiger partial charge in [0.1, 0.15) is 0 Å². The van der Waals surface area contributed by atoms with E-state index in [0.717, 1.165) is 45.5 Å². The molecule has 2 unspecified atom stereocenters. The molecule has 2 saturated heterocycles. The standard InChI is InChI=1S/C14H25NO3/c1-11-10-13(4-7-16-11)15-12-2-5-14(6-3-12)17-8-9-18-14/h11-13,15H,2-10H2,1H3. The Labute approximate surface area is 109 Å². The van der Waals surface area contributed by atoms with Crippen LogP contribution >= 0.6 is 0 Å². The molecule has 18 heavy (non-hydrogen) atoms. The van der Waals surface area contributed by atoms with Gasteiger partial charge in [-0.1, -0.05) is 0 Å². The lowest BCUT2D eigenvalue weighted by atomic mass is 9.89. The molecule has 0 bridgehead atoms. The molecular weight excluding hydrogens is 230 g/mol. The van der Waals surface area contributed by atoms with Gasteiger partial charge in [0.2, 0.25) is 0 Å². The van der Waals surface area contributed by atoms with Crippen molar-refractivity contribution in [2.45, 2.75) is 69.4 Å². The van der Waals surface area contributed by atoms with Crippen molar-refractivity contribution in [2.75, 3.05) is 19.8 Å². The van der Waals surface area contributed by atoms with E-state index in [1.165, 1.54) is 12.8 Å². The lowest BCUT2D eigenvalue weighted by Gasteiger charge is -2.38. The molecule has 0 aromatic heterocycles. The molecule has 1 aliphatic carbocycles. The van der Waals surface area contributed by atoms with Gasteiger partial charge in [-0.05, 0) is 32.6 Å². The Hall–Kier alpha value is -0.160. The van der Waals surface area contributed by atoms with Crippen LogP contribution < -0.4 is 5.32 Å². The normalized spacial score (nSPS) is 37.2. The van der Waals surface area contributed by atoms with Gasteiger partial charge in [0.05, 0.1) is 19.3 Å². The summed E-state index contributed by atoms with van der Waals surface area (Å²) in [6.07, 6.45) is 7.14. The van der Waals surface area contributed by atoms with Crippen molar-refractivity contribution in [3.05, 3.63) is 0 Å². The van der Waals surface area contributed by atoms with Gasteiger partial charge in [-0.2, -0.15) is 0 Å². The maximum Gasteiger partial charge on any atom is 0.168 e. The first-order chi connectivity index (χ1) is 8.76. The third kappa shape index (κ3) is 2.87. The van der Waals surface area contributed by atoms with E-state index in [9.17, 15) is 0 Å². The van der Waals surface area contributed by atoms with Gasteiger partial charge in [0, 0.05) is 31.5 Å². The third-order valence-corrected chi connectivity index (χ3v) is 4.52. The highest BCUT2D eigenvalue weighted by Crippen LogP contribution is 2.36. The molecule has 2 heterocycles. The summed E-state index contributed by atoms with van der Waals surface area (Å²) in [4.78, 5) is 0. The molecule has 104 valence electrons. The summed E-state index contributed by atoms with van der Waals surface area (Å²) in [6.45, 7) is 4.62. The lowest BCUT2D eigenvalue weighted by Crippen LogP contribution is -2.47. The summed E-state index contributed by atoms with van der Waals surface area (Å²) >= 11 is 0. The maximum absolute atomic E-state index is 5.77. The van der Waals surface area contributed by atoms with Crippen molar-refractivity contribution in [1.29, 1.82) is 0 Å². The first kappa shape index (κ1) is 12.9. The van der Waals surface area contributed by atoms with Crippen LogP contribution in [0.5, 0.6) is 0 Å². The van der Waals surface area contributed by atoms with Gasteiger partial charge in [-0.25, -0.2) is 0 Å². The second kappa shape index (κ2) is 5.45. The summed E-state index contributed by atoms with van der Waals surface area (Å²) in [7, 11) is 0. The smallest absolute Gasteiger partial charge is 0.168 e. The molecule has 1 spiro atoms. The highest BCUT2D eigenvalue weighted by atomic mass is 16.7. The minimum Gasteiger partial charge on any atom is -0.378 e. The zero-order valence-electron chi connectivity index (χ0n) is 11.3. The highest BCUT2D eigenvalue weighted by Gasteiger charge is 2.40. The van der Waals surface area contributed by atoms with Gasteiger partial charge in [-0.3, -0.25) is 0 Å². The number of nitrogens with one attached hydrogen (secondary N) is 1. The van der Waals surface area contributed by atoms with Crippen molar-refractivity contribution in [3.63, 3.8) is 0 Å². The summed E-state index contributed by atoms with van der Waals surface area (Å²) in [5.41, 5.74) is 0. The summed E-state index contributed by atoms with van der Waals surface area (Å²) in [5, 5.41) is 3.80. The van der Waals surface area contributed by atoms with Gasteiger partial charge >= 0.3 is 0 Å². The van der Waals surface area contributed by atoms with E-state index in [-0.39, 0.29) is 5.79 Å². The first-order valence-corrected chi connectivity index (χ1v) is 7.41. The first-order valence-electron chi connectivity index (χ1n) is 7.41. The zero-order chi connectivity index (χ0) is 12.4. The SMILES string of the molecule is CC1CC(NC2CCC3(CC2)OCCO3)CCO1. The van der Waals surface area contributed by atoms with Gasteiger partial charge in [-0.15, -0.1) is 0 Å². The molecule has 0 aromatic carbocycles. The van der Waals surface area contributed by atoms with E-state index >= 15 is 0 Å². The van der Waals surface area contributed by atoms with Gasteiger partial charge in [0.15, 0.2) is 5.79 Å². The molecule has 2 aliphatic heterocycles. The topological polar surface area (TPSA) is 39.7 Å². The Kier molecular flexibility index (Phi) is 3.89. The molecule has 3 aliphatic rings. The van der Waals surface area contributed by atoms with E-state index in [0.29, 0.717) is 18.2 Å². The van der Waals surface area contributed by atoms with E-state index in [1.54, 1.807) is 0 Å². The van der Waals surface area contributed by atoms with E-state index in [4.69, 9.17) is 14.2 Å². The lowest BCUT2D eigenvalue weighted by molar-refractivity contribution is -0.180. The Balaban J connectivity index is 1.45. The predicted molar refractivity (Wildman–Crippen MR) is 68.5 cm³/mol. The average molecular weight is 255 g/mol. The number of hydrogen-bond acceptors (Lipinski definition) is 4. The maximum atomic E-state index is 5.77. The fourth-order valence-electron chi connectivity index (χ4n) is 3.49. The van der Waals surface area contributed by atoms with Crippen molar-refractivity contribution in [1.82, 2.24) is 5.32 Å². The minimum atomic E-state index is -0.221. The second-order valence-corrected chi connectivity index (χ2v) is 5.95. The molecule has 0 amide bonds. The fourth-order valence-corrected chi connectivity index (χ4v) is 3.49. The molecule has 3 rings (SSSR count). The van der Waals surface area contributed by atoms with Crippen LogP contribution in [-0.2, 0) is 14.2 Å². The average Bonchev–Trinajstić information content (AvgIpc) is 2.81. The molecular formula is C14H25NO3. The Morgan fingerprint density at radius 1 is 0.944 bits per heavy atom. The molecule has 1 saturated carbocycles. The van der Waals surface area contributed by atoms with E-state index in [2.05, 4.69) is 12.2 Å². The fraction of sp³-hybridized carbons (Fsp3) is 1.00. The molecule has 2 atom stereocenters. The highest BCUT2D eigenvalue weighted by molar-refractivity contribution is 4.88. The van der Waals surface area contributed by atoms with Crippen LogP contribution in [0.1, 0.15) is 45.4 Å². The largest absolute Gasteiger partial charge is 0.378 e. The monoisotopic (exact) mass is 255 g/mol. The summed E-state index contributed by atoms with van der Waals surface area (Å²) < 4.78 is 17.1. The van der Waals surface area contributed by atoms with Crippen LogP contribution in [-0.4, -0.2) is 43.8 Å². The molecule has 4 heteroatoms. The Morgan fingerprint density at radius 3 is 2.33 bits per heavy atom. The van der Waals surface area contributed by atoms with Crippen molar-refractivity contribution in [3.8, 4) is 0 Å². The number of rotatable bonds is 2. The van der Waals surface area contributed by atoms with Crippen molar-refractivity contribution in [2.24, 2.45) is 0 Å². The van der Waals surface area contributed by atoms with E-state index in [1.807, 2.05) is 0 Å². The third-order valence-electron chi connectivity index (χ3n) is 4.52. The predicted octanol–water partition coefficient (Wildman–Crippen LogP) is 1.83. The molecule has 3 fully saturated rings. The van der Waals surface area contributed by atoms with Gasteiger partial charge < -0.3 is 19.5 Å². The number of ether oxygens (including phenoxy) is 3. The molecule has 0 radical (unpaired) electrons. The summed E-state index contributed by atoms with van der Waals surface area (Å²) in [5.74, 6) is -0.221. The van der Waals surface area contributed by atoms with Crippen LogP contribution in [0.25, 0.3) is 0 Å². The Morgan fingerprint density at radius 2 is 1.67 bits per heavy atom. The van der Waals surface area contributed by atoms with Crippen molar-refractivity contribution >= 4 is 0 Å². The molecule has 1 N–H and O–H groups in total. The Bertz CT molecular complexity index is 268. The van der Waals surface area contributed by atoms with Crippen LogP contribution in [0.4, 0.5) is 0 Å². The quantitative estimate of drug-likeness (QED) is 0.817. The summed E-state index contributed by atoms with van der Waals surface area (Å²) in [6, 6.07) is 1.27. The van der Waals surface area contributed by atoms with Crippen molar-refractivity contribution < 1.29 is 14.2 Å².